The summed E-state index contributed by atoms with van der Waals surface area (Å²) in [6.45, 7) is 3.89. The monoisotopic (exact) mass is 325 g/mol. The fourth-order valence-corrected chi connectivity index (χ4v) is 4.15. The molecule has 21 heavy (non-hydrogen) atoms. The van der Waals surface area contributed by atoms with E-state index in [0.717, 1.165) is 6.42 Å². The van der Waals surface area contributed by atoms with Crippen LogP contribution in [0.5, 0.6) is 0 Å². The van der Waals surface area contributed by atoms with Gasteiger partial charge in [-0.15, -0.1) is 0 Å². The lowest BCUT2D eigenvalue weighted by Gasteiger charge is -2.32. The number of halogens is 2. The van der Waals surface area contributed by atoms with E-state index in [9.17, 15) is 9.59 Å². The third-order valence-corrected chi connectivity index (χ3v) is 5.73. The van der Waals surface area contributed by atoms with Crippen molar-refractivity contribution in [2.45, 2.75) is 33.1 Å². The van der Waals surface area contributed by atoms with Crippen LogP contribution in [0, 0.1) is 16.7 Å². The van der Waals surface area contributed by atoms with Crippen molar-refractivity contribution in [1.29, 1.82) is 0 Å². The maximum Gasteiger partial charge on any atom is 0.238 e. The number of benzene rings is 1. The van der Waals surface area contributed by atoms with E-state index >= 15 is 0 Å². The number of anilines is 1. The molecule has 3 nitrogen and oxygen atoms in total. The summed E-state index contributed by atoms with van der Waals surface area (Å²) in [6.07, 6.45) is 2.20. The molecule has 2 aliphatic carbocycles. The predicted octanol–water partition coefficient (Wildman–Crippen LogP) is 4.33. The molecule has 1 aromatic carbocycles. The first-order chi connectivity index (χ1) is 9.77. The second kappa shape index (κ2) is 4.72. The molecule has 2 atom stereocenters. The Kier molecular flexibility index (Phi) is 3.34. The van der Waals surface area contributed by atoms with Crippen LogP contribution in [-0.2, 0) is 9.59 Å². The quantitative estimate of drug-likeness (QED) is 0.823. The fraction of sp³-hybridized carbons (Fsp3) is 0.500. The molecule has 1 N–H and O–H groups in total. The summed E-state index contributed by atoms with van der Waals surface area (Å²) in [4.78, 5) is 25.4. The maximum absolute atomic E-state index is 12.7. The number of carbonyl (C=O) groups is 2. The Morgan fingerprint density at radius 1 is 1.33 bits per heavy atom. The number of hydrogen-bond donors (Lipinski definition) is 1. The smallest absolute Gasteiger partial charge is 0.238 e. The number of Topliss-reactive ketones (excluding diaryl/α,β-unsaturated/α-hetero) is 1. The molecule has 0 aromatic heterocycles. The third-order valence-electron chi connectivity index (χ3n) is 5.17. The molecular formula is C16H17Cl2NO2. The zero-order valence-corrected chi connectivity index (χ0v) is 13.5. The Labute approximate surface area is 134 Å². The standard InChI is InChI=1S/C16H17Cl2NO2/c1-15(2)9-5-6-16(8-9,13(15)20)14(21)19-12-7-10(17)3-4-11(12)18/h3-4,7,9H,5-6,8H2,1-2H3,(H,19,21). The molecular weight excluding hydrogens is 309 g/mol. The van der Waals surface area contributed by atoms with Crippen LogP contribution in [0.25, 0.3) is 0 Å². The average molecular weight is 326 g/mol. The maximum atomic E-state index is 12.7. The first-order valence-electron chi connectivity index (χ1n) is 7.09. The van der Waals surface area contributed by atoms with E-state index in [2.05, 4.69) is 5.32 Å². The van der Waals surface area contributed by atoms with Crippen LogP contribution in [0.15, 0.2) is 18.2 Å². The number of fused-ring (bicyclic) bond motifs is 2. The Morgan fingerprint density at radius 2 is 2.05 bits per heavy atom. The molecule has 0 aliphatic heterocycles. The second-order valence-corrected chi connectivity index (χ2v) is 7.49. The highest BCUT2D eigenvalue weighted by Gasteiger charge is 2.65. The third kappa shape index (κ3) is 2.09. The van der Waals surface area contributed by atoms with E-state index in [0.29, 0.717) is 34.5 Å². The fourth-order valence-electron chi connectivity index (χ4n) is 3.81. The topological polar surface area (TPSA) is 46.2 Å². The molecule has 0 spiro atoms. The van der Waals surface area contributed by atoms with E-state index < -0.39 is 10.8 Å². The molecule has 2 aliphatic rings. The van der Waals surface area contributed by atoms with Gasteiger partial charge in [0.05, 0.1) is 10.7 Å². The van der Waals surface area contributed by atoms with Crippen molar-refractivity contribution in [2.24, 2.45) is 16.7 Å². The Morgan fingerprint density at radius 3 is 2.67 bits per heavy atom. The summed E-state index contributed by atoms with van der Waals surface area (Å²) in [6, 6.07) is 4.90. The van der Waals surface area contributed by atoms with Crippen LogP contribution in [0.2, 0.25) is 10.0 Å². The molecule has 0 saturated heterocycles. The lowest BCUT2D eigenvalue weighted by Crippen LogP contribution is -2.44. The van der Waals surface area contributed by atoms with E-state index in [-0.39, 0.29) is 11.7 Å². The molecule has 0 heterocycles. The number of carbonyl (C=O) groups excluding carboxylic acids is 2. The summed E-state index contributed by atoms with van der Waals surface area (Å²) in [5.74, 6) is 0.109. The minimum Gasteiger partial charge on any atom is -0.324 e. The van der Waals surface area contributed by atoms with Gasteiger partial charge < -0.3 is 5.32 Å². The van der Waals surface area contributed by atoms with Crippen molar-refractivity contribution in [2.75, 3.05) is 5.32 Å². The highest BCUT2D eigenvalue weighted by molar-refractivity contribution is 6.36. The number of amides is 1. The van der Waals surface area contributed by atoms with Gasteiger partial charge in [-0.2, -0.15) is 0 Å². The van der Waals surface area contributed by atoms with Crippen molar-refractivity contribution in [1.82, 2.24) is 0 Å². The molecule has 2 unspecified atom stereocenters. The van der Waals surface area contributed by atoms with Gasteiger partial charge in [-0.3, -0.25) is 9.59 Å². The van der Waals surface area contributed by atoms with Gasteiger partial charge in [0.15, 0.2) is 5.78 Å². The highest BCUT2D eigenvalue weighted by Crippen LogP contribution is 2.60. The number of ketones is 1. The molecule has 2 saturated carbocycles. The Balaban J connectivity index is 1.90. The van der Waals surface area contributed by atoms with Crippen LogP contribution < -0.4 is 5.32 Å². The van der Waals surface area contributed by atoms with Crippen LogP contribution in [0.3, 0.4) is 0 Å². The van der Waals surface area contributed by atoms with Gasteiger partial charge in [-0.25, -0.2) is 0 Å². The summed E-state index contributed by atoms with van der Waals surface area (Å²) in [5, 5.41) is 3.72. The van der Waals surface area contributed by atoms with Gasteiger partial charge in [0, 0.05) is 10.4 Å². The predicted molar refractivity (Wildman–Crippen MR) is 83.7 cm³/mol. The summed E-state index contributed by atoms with van der Waals surface area (Å²) < 4.78 is 0. The van der Waals surface area contributed by atoms with E-state index in [4.69, 9.17) is 23.2 Å². The van der Waals surface area contributed by atoms with Crippen LogP contribution in [0.4, 0.5) is 5.69 Å². The van der Waals surface area contributed by atoms with Gasteiger partial charge in [0.2, 0.25) is 5.91 Å². The molecule has 2 bridgehead atoms. The highest BCUT2D eigenvalue weighted by atomic mass is 35.5. The molecule has 1 aromatic rings. The zero-order valence-electron chi connectivity index (χ0n) is 12.0. The Bertz CT molecular complexity index is 641. The van der Waals surface area contributed by atoms with E-state index in [1.165, 1.54) is 0 Å². The second-order valence-electron chi connectivity index (χ2n) is 6.65. The van der Waals surface area contributed by atoms with E-state index in [1.807, 2.05) is 13.8 Å². The van der Waals surface area contributed by atoms with Gasteiger partial charge in [-0.05, 0) is 43.4 Å². The van der Waals surface area contributed by atoms with Crippen LogP contribution >= 0.6 is 23.2 Å². The minimum atomic E-state index is -0.889. The average Bonchev–Trinajstić information content (AvgIpc) is 2.94. The van der Waals surface area contributed by atoms with Crippen molar-refractivity contribution in [3.05, 3.63) is 28.2 Å². The lowest BCUT2D eigenvalue weighted by molar-refractivity contribution is -0.142. The first kappa shape index (κ1) is 14.9. The number of hydrogen-bond acceptors (Lipinski definition) is 2. The van der Waals surface area contributed by atoms with Gasteiger partial charge in [0.1, 0.15) is 5.41 Å². The molecule has 112 valence electrons. The molecule has 5 heteroatoms. The first-order valence-corrected chi connectivity index (χ1v) is 7.84. The summed E-state index contributed by atoms with van der Waals surface area (Å²) in [7, 11) is 0. The summed E-state index contributed by atoms with van der Waals surface area (Å²) >= 11 is 12.0. The normalized spacial score (nSPS) is 29.7. The van der Waals surface area contributed by atoms with Crippen LogP contribution in [-0.4, -0.2) is 11.7 Å². The lowest BCUT2D eigenvalue weighted by atomic mass is 9.70. The van der Waals surface area contributed by atoms with Gasteiger partial charge in [0.25, 0.3) is 0 Å². The number of rotatable bonds is 2. The van der Waals surface area contributed by atoms with Crippen molar-refractivity contribution >= 4 is 40.6 Å². The molecule has 2 fully saturated rings. The SMILES string of the molecule is CC1(C)C(=O)C2(C(=O)Nc3cc(Cl)ccc3Cl)CCC1C2. The van der Waals surface area contributed by atoms with Crippen molar-refractivity contribution in [3.8, 4) is 0 Å². The largest absolute Gasteiger partial charge is 0.324 e. The van der Waals surface area contributed by atoms with Crippen molar-refractivity contribution in [3.63, 3.8) is 0 Å². The van der Waals surface area contributed by atoms with Crippen molar-refractivity contribution < 1.29 is 9.59 Å². The minimum absolute atomic E-state index is 0.0573. The summed E-state index contributed by atoms with van der Waals surface area (Å²) in [5.41, 5.74) is -0.836. The van der Waals surface area contributed by atoms with Gasteiger partial charge in [-0.1, -0.05) is 37.0 Å². The van der Waals surface area contributed by atoms with E-state index in [1.54, 1.807) is 18.2 Å². The van der Waals surface area contributed by atoms with Gasteiger partial charge >= 0.3 is 0 Å². The molecule has 0 radical (unpaired) electrons. The Hall–Kier alpha value is -1.06. The molecule has 3 rings (SSSR count). The number of nitrogens with one attached hydrogen (secondary N) is 1. The zero-order chi connectivity index (χ0) is 15.4. The molecule has 1 amide bonds. The van der Waals surface area contributed by atoms with Crippen LogP contribution in [0.1, 0.15) is 33.1 Å².